The molecule has 0 fully saturated rings. The number of rotatable bonds is 10. The van der Waals surface area contributed by atoms with Crippen LogP contribution in [0.1, 0.15) is 54.0 Å². The predicted molar refractivity (Wildman–Crippen MR) is 140 cm³/mol. The van der Waals surface area contributed by atoms with Gasteiger partial charge in [-0.2, -0.15) is 0 Å². The molecule has 1 amide bonds. The number of carbonyl (C=O) groups excluding carboxylic acids is 1. The Morgan fingerprint density at radius 2 is 1.47 bits per heavy atom. The van der Waals surface area contributed by atoms with Gasteiger partial charge in [-0.3, -0.25) is 4.79 Å². The van der Waals surface area contributed by atoms with Crippen LogP contribution in [0.2, 0.25) is 0 Å². The molecule has 0 aliphatic heterocycles. The average Bonchev–Trinajstić information content (AvgIpc) is 3.28. The summed E-state index contributed by atoms with van der Waals surface area (Å²) in [5.41, 5.74) is 3.91. The maximum atomic E-state index is 12.5. The zero-order chi connectivity index (χ0) is 25.5. The first-order chi connectivity index (χ1) is 17.5. The van der Waals surface area contributed by atoms with Crippen molar-refractivity contribution in [1.82, 2.24) is 20.1 Å². The third kappa shape index (κ3) is 5.74. The lowest BCUT2D eigenvalue weighted by Crippen LogP contribution is -2.25. The normalized spacial score (nSPS) is 10.9. The fraction of sp³-hybridized carbons (Fsp3) is 0.276. The highest BCUT2D eigenvalue weighted by molar-refractivity contribution is 5.91. The summed E-state index contributed by atoms with van der Waals surface area (Å²) in [6.07, 6.45) is 0. The first-order valence-electron chi connectivity index (χ1n) is 12.2. The van der Waals surface area contributed by atoms with Gasteiger partial charge in [-0.1, -0.05) is 74.5 Å². The standard InChI is InChI=1S/C29H32N4O3/c1-5-30-29(34)28-32-31-27(33(28)4)24-16-23(20(2)3)25(35-18-21-12-8-6-9-13-21)17-26(24)36-19-22-14-10-7-11-15-22/h6-17,20H,5,18-19H2,1-4H3,(H,30,34). The Balaban J connectivity index is 1.75. The van der Waals surface area contributed by atoms with Crippen molar-refractivity contribution in [2.24, 2.45) is 7.05 Å². The van der Waals surface area contributed by atoms with Crippen molar-refractivity contribution in [2.45, 2.75) is 39.9 Å². The number of hydrogen-bond acceptors (Lipinski definition) is 5. The highest BCUT2D eigenvalue weighted by Crippen LogP contribution is 2.39. The van der Waals surface area contributed by atoms with E-state index >= 15 is 0 Å². The zero-order valence-corrected chi connectivity index (χ0v) is 21.2. The van der Waals surface area contributed by atoms with Crippen LogP contribution in [0.4, 0.5) is 0 Å². The van der Waals surface area contributed by atoms with E-state index in [1.165, 1.54) is 0 Å². The number of carbonyl (C=O) groups is 1. The molecule has 36 heavy (non-hydrogen) atoms. The van der Waals surface area contributed by atoms with Crippen LogP contribution < -0.4 is 14.8 Å². The molecule has 0 aliphatic rings. The van der Waals surface area contributed by atoms with Crippen LogP contribution in [0.25, 0.3) is 11.4 Å². The molecule has 0 aliphatic carbocycles. The van der Waals surface area contributed by atoms with Gasteiger partial charge >= 0.3 is 0 Å². The minimum Gasteiger partial charge on any atom is -0.488 e. The van der Waals surface area contributed by atoms with Crippen LogP contribution in [-0.2, 0) is 20.3 Å². The van der Waals surface area contributed by atoms with E-state index in [4.69, 9.17) is 9.47 Å². The minimum absolute atomic E-state index is 0.189. The Hall–Kier alpha value is -4.13. The van der Waals surface area contributed by atoms with Crippen molar-refractivity contribution in [3.05, 3.63) is 95.3 Å². The second-order valence-corrected chi connectivity index (χ2v) is 8.86. The summed E-state index contributed by atoms with van der Waals surface area (Å²) in [5.74, 6) is 2.09. The van der Waals surface area contributed by atoms with Gasteiger partial charge in [0.15, 0.2) is 5.82 Å². The van der Waals surface area contributed by atoms with Gasteiger partial charge in [0.1, 0.15) is 24.7 Å². The molecule has 1 aromatic heterocycles. The molecule has 7 nitrogen and oxygen atoms in total. The molecule has 4 aromatic rings. The highest BCUT2D eigenvalue weighted by atomic mass is 16.5. The Morgan fingerprint density at radius 1 is 0.889 bits per heavy atom. The molecule has 0 unspecified atom stereocenters. The van der Waals surface area contributed by atoms with Crippen LogP contribution in [0, 0.1) is 0 Å². The number of hydrogen-bond donors (Lipinski definition) is 1. The number of nitrogens with one attached hydrogen (secondary N) is 1. The number of benzene rings is 3. The topological polar surface area (TPSA) is 78.3 Å². The number of ether oxygens (including phenoxy) is 2. The number of nitrogens with zero attached hydrogens (tertiary/aromatic N) is 3. The molecule has 0 saturated carbocycles. The maximum absolute atomic E-state index is 12.5. The highest BCUT2D eigenvalue weighted by Gasteiger charge is 2.23. The van der Waals surface area contributed by atoms with E-state index < -0.39 is 0 Å². The van der Waals surface area contributed by atoms with Crippen molar-refractivity contribution in [3.8, 4) is 22.9 Å². The first-order valence-corrected chi connectivity index (χ1v) is 12.2. The first kappa shape index (κ1) is 25.0. The fourth-order valence-corrected chi connectivity index (χ4v) is 3.92. The molecule has 1 heterocycles. The largest absolute Gasteiger partial charge is 0.488 e. The molecule has 1 N–H and O–H groups in total. The molecule has 0 saturated heterocycles. The second kappa shape index (κ2) is 11.5. The summed E-state index contributed by atoms with van der Waals surface area (Å²) in [7, 11) is 1.79. The van der Waals surface area contributed by atoms with Crippen LogP contribution >= 0.6 is 0 Å². The van der Waals surface area contributed by atoms with Gasteiger partial charge in [0.05, 0.1) is 5.56 Å². The Morgan fingerprint density at radius 3 is 2.03 bits per heavy atom. The van der Waals surface area contributed by atoms with Crippen LogP contribution in [0.3, 0.4) is 0 Å². The minimum atomic E-state index is -0.266. The van der Waals surface area contributed by atoms with E-state index in [2.05, 4.69) is 29.4 Å². The van der Waals surface area contributed by atoms with E-state index in [1.54, 1.807) is 11.6 Å². The summed E-state index contributed by atoms with van der Waals surface area (Å²) in [6, 6.07) is 24.0. The van der Waals surface area contributed by atoms with Crippen molar-refractivity contribution < 1.29 is 14.3 Å². The SMILES string of the molecule is CCNC(=O)c1nnc(-c2cc(C(C)C)c(OCc3ccccc3)cc2OCc2ccccc2)n1C. The summed E-state index contributed by atoms with van der Waals surface area (Å²) in [6.45, 7) is 7.45. The monoisotopic (exact) mass is 484 g/mol. The predicted octanol–water partition coefficient (Wildman–Crippen LogP) is 5.51. The maximum Gasteiger partial charge on any atom is 0.289 e. The van der Waals surface area contributed by atoms with Crippen molar-refractivity contribution in [1.29, 1.82) is 0 Å². The van der Waals surface area contributed by atoms with Gasteiger partial charge < -0.3 is 19.4 Å². The van der Waals surface area contributed by atoms with Gasteiger partial charge in [0.2, 0.25) is 5.82 Å². The van der Waals surface area contributed by atoms with E-state index in [1.807, 2.05) is 79.7 Å². The van der Waals surface area contributed by atoms with E-state index in [0.29, 0.717) is 31.3 Å². The summed E-state index contributed by atoms with van der Waals surface area (Å²) in [5, 5.41) is 11.3. The molecule has 7 heteroatoms. The van der Waals surface area contributed by atoms with Crippen LogP contribution in [-0.4, -0.2) is 27.2 Å². The molecule has 3 aromatic carbocycles. The van der Waals surface area contributed by atoms with Gasteiger partial charge in [0.25, 0.3) is 5.91 Å². The zero-order valence-electron chi connectivity index (χ0n) is 21.2. The molecule has 0 radical (unpaired) electrons. The van der Waals surface area contributed by atoms with E-state index in [9.17, 15) is 4.79 Å². The van der Waals surface area contributed by atoms with Crippen LogP contribution in [0.5, 0.6) is 11.5 Å². The molecule has 186 valence electrons. The molecular weight excluding hydrogens is 452 g/mol. The van der Waals surface area contributed by atoms with Gasteiger partial charge in [0, 0.05) is 19.7 Å². The third-order valence-corrected chi connectivity index (χ3v) is 5.86. The Bertz CT molecular complexity index is 1300. The van der Waals surface area contributed by atoms with Crippen molar-refractivity contribution in [2.75, 3.05) is 6.54 Å². The van der Waals surface area contributed by atoms with Crippen molar-refractivity contribution in [3.63, 3.8) is 0 Å². The smallest absolute Gasteiger partial charge is 0.289 e. The number of aromatic nitrogens is 3. The summed E-state index contributed by atoms with van der Waals surface area (Å²) in [4.78, 5) is 12.5. The quantitative estimate of drug-likeness (QED) is 0.321. The lowest BCUT2D eigenvalue weighted by Gasteiger charge is -2.19. The molecule has 4 rings (SSSR count). The Labute approximate surface area is 212 Å². The Kier molecular flexibility index (Phi) is 8.00. The average molecular weight is 485 g/mol. The van der Waals surface area contributed by atoms with Crippen molar-refractivity contribution >= 4 is 5.91 Å². The molecule has 0 spiro atoms. The second-order valence-electron chi connectivity index (χ2n) is 8.86. The molecule has 0 bridgehead atoms. The van der Waals surface area contributed by atoms with Gasteiger partial charge in [-0.25, -0.2) is 0 Å². The van der Waals surface area contributed by atoms with Gasteiger partial charge in [-0.05, 0) is 35.6 Å². The van der Waals surface area contributed by atoms with Crippen LogP contribution in [0.15, 0.2) is 72.8 Å². The lowest BCUT2D eigenvalue weighted by molar-refractivity contribution is 0.0942. The summed E-state index contributed by atoms with van der Waals surface area (Å²) < 4.78 is 14.3. The van der Waals surface area contributed by atoms with Gasteiger partial charge in [-0.15, -0.1) is 10.2 Å². The lowest BCUT2D eigenvalue weighted by atomic mass is 9.98. The number of amides is 1. The molecule has 0 atom stereocenters. The van der Waals surface area contributed by atoms with E-state index in [0.717, 1.165) is 28.0 Å². The fourth-order valence-electron chi connectivity index (χ4n) is 3.92. The summed E-state index contributed by atoms with van der Waals surface area (Å²) >= 11 is 0. The third-order valence-electron chi connectivity index (χ3n) is 5.86. The molecular formula is C29H32N4O3. The van der Waals surface area contributed by atoms with E-state index in [-0.39, 0.29) is 17.6 Å².